The van der Waals surface area contributed by atoms with Gasteiger partial charge < -0.3 is 5.11 Å². The number of rotatable bonds is 2. The van der Waals surface area contributed by atoms with Crippen LogP contribution in [0.25, 0.3) is 11.1 Å². The maximum absolute atomic E-state index is 11.1. The number of aromatic hydroxyl groups is 1. The van der Waals surface area contributed by atoms with Gasteiger partial charge in [-0.05, 0) is 42.2 Å². The highest BCUT2D eigenvalue weighted by Gasteiger charge is 2.12. The third-order valence-corrected chi connectivity index (χ3v) is 2.95. The molecule has 0 saturated carbocycles. The summed E-state index contributed by atoms with van der Waals surface area (Å²) in [6, 6.07) is 11.1. The van der Waals surface area contributed by atoms with Crippen molar-refractivity contribution < 1.29 is 9.90 Å². The Morgan fingerprint density at radius 3 is 2.18 bits per heavy atom. The average molecular weight is 226 g/mol. The molecule has 17 heavy (non-hydrogen) atoms. The van der Waals surface area contributed by atoms with Crippen LogP contribution in [0.1, 0.15) is 21.5 Å². The van der Waals surface area contributed by atoms with Gasteiger partial charge in [-0.3, -0.25) is 4.79 Å². The molecule has 2 rings (SSSR count). The molecule has 0 aromatic heterocycles. The summed E-state index contributed by atoms with van der Waals surface area (Å²) in [7, 11) is 0. The van der Waals surface area contributed by atoms with Crippen LogP contribution in [0.3, 0.4) is 0 Å². The minimum absolute atomic E-state index is 0.0279. The van der Waals surface area contributed by atoms with Crippen LogP contribution in [-0.2, 0) is 0 Å². The Labute approximate surface area is 101 Å². The van der Waals surface area contributed by atoms with Gasteiger partial charge in [0.2, 0.25) is 0 Å². The zero-order chi connectivity index (χ0) is 12.4. The number of aldehydes is 1. The lowest BCUT2D eigenvalue weighted by Crippen LogP contribution is -1.93. The molecule has 0 aliphatic carbocycles. The molecule has 1 N–H and O–H groups in total. The highest BCUT2D eigenvalue weighted by molar-refractivity contribution is 5.92. The van der Waals surface area contributed by atoms with E-state index in [4.69, 9.17) is 0 Å². The van der Waals surface area contributed by atoms with Crippen LogP contribution in [0, 0.1) is 13.8 Å². The van der Waals surface area contributed by atoms with E-state index >= 15 is 0 Å². The molecule has 0 aliphatic rings. The van der Waals surface area contributed by atoms with Crippen molar-refractivity contribution in [3.8, 4) is 16.9 Å². The third-order valence-electron chi connectivity index (χ3n) is 2.95. The second kappa shape index (κ2) is 4.42. The molecule has 0 spiro atoms. The van der Waals surface area contributed by atoms with Gasteiger partial charge in [-0.25, -0.2) is 0 Å². The van der Waals surface area contributed by atoms with Gasteiger partial charge >= 0.3 is 0 Å². The van der Waals surface area contributed by atoms with E-state index in [1.807, 2.05) is 38.1 Å². The van der Waals surface area contributed by atoms with Crippen molar-refractivity contribution >= 4 is 6.29 Å². The van der Waals surface area contributed by atoms with Crippen LogP contribution in [0.5, 0.6) is 5.75 Å². The molecule has 0 radical (unpaired) electrons. The van der Waals surface area contributed by atoms with Gasteiger partial charge in [0.1, 0.15) is 5.75 Å². The number of hydrogen-bond donors (Lipinski definition) is 1. The summed E-state index contributed by atoms with van der Waals surface area (Å²) in [5, 5.41) is 9.70. The SMILES string of the molecule is Cc1cccc(C)c1-c1cccc(O)c1C=O. The molecule has 0 aliphatic heterocycles. The van der Waals surface area contributed by atoms with Gasteiger partial charge in [0.15, 0.2) is 6.29 Å². The third kappa shape index (κ3) is 1.94. The van der Waals surface area contributed by atoms with Crippen molar-refractivity contribution in [1.82, 2.24) is 0 Å². The fourth-order valence-corrected chi connectivity index (χ4v) is 2.13. The summed E-state index contributed by atoms with van der Waals surface area (Å²) in [6.45, 7) is 4.00. The van der Waals surface area contributed by atoms with E-state index in [1.54, 1.807) is 6.07 Å². The second-order valence-electron chi connectivity index (χ2n) is 4.12. The predicted octanol–water partition coefficient (Wildman–Crippen LogP) is 3.49. The summed E-state index contributed by atoms with van der Waals surface area (Å²) >= 11 is 0. The maximum Gasteiger partial charge on any atom is 0.154 e. The van der Waals surface area contributed by atoms with Crippen LogP contribution in [0.4, 0.5) is 0 Å². The quantitative estimate of drug-likeness (QED) is 0.796. The largest absolute Gasteiger partial charge is 0.507 e. The fourth-order valence-electron chi connectivity index (χ4n) is 2.13. The highest BCUT2D eigenvalue weighted by atomic mass is 16.3. The Morgan fingerprint density at radius 2 is 1.59 bits per heavy atom. The Morgan fingerprint density at radius 1 is 1.00 bits per heavy atom. The molecule has 2 nitrogen and oxygen atoms in total. The zero-order valence-corrected chi connectivity index (χ0v) is 9.90. The van der Waals surface area contributed by atoms with Crippen LogP contribution in [0.15, 0.2) is 36.4 Å². The van der Waals surface area contributed by atoms with E-state index in [0.29, 0.717) is 11.8 Å². The van der Waals surface area contributed by atoms with E-state index in [1.165, 1.54) is 6.07 Å². The van der Waals surface area contributed by atoms with Gasteiger partial charge in [-0.2, -0.15) is 0 Å². The molecule has 2 heteroatoms. The van der Waals surface area contributed by atoms with Crippen LogP contribution in [-0.4, -0.2) is 11.4 Å². The molecule has 0 heterocycles. The van der Waals surface area contributed by atoms with E-state index in [2.05, 4.69) is 0 Å². The molecule has 86 valence electrons. The first-order valence-corrected chi connectivity index (χ1v) is 5.49. The smallest absolute Gasteiger partial charge is 0.154 e. The number of benzene rings is 2. The first-order valence-electron chi connectivity index (χ1n) is 5.49. The number of carbonyl (C=O) groups excluding carboxylic acids is 1. The predicted molar refractivity (Wildman–Crippen MR) is 68.4 cm³/mol. The molecular formula is C15H14O2. The summed E-state index contributed by atoms with van der Waals surface area (Å²) < 4.78 is 0. The molecule has 0 amide bonds. The average Bonchev–Trinajstić information content (AvgIpc) is 2.29. The van der Waals surface area contributed by atoms with Crippen molar-refractivity contribution in [1.29, 1.82) is 0 Å². The molecule has 0 atom stereocenters. The Bertz CT molecular complexity index is 551. The highest BCUT2D eigenvalue weighted by Crippen LogP contribution is 2.32. The first kappa shape index (κ1) is 11.4. The lowest BCUT2D eigenvalue weighted by Gasteiger charge is -2.12. The van der Waals surface area contributed by atoms with Crippen LogP contribution in [0.2, 0.25) is 0 Å². The number of phenols is 1. The second-order valence-corrected chi connectivity index (χ2v) is 4.12. The van der Waals surface area contributed by atoms with E-state index in [0.717, 1.165) is 22.3 Å². The van der Waals surface area contributed by atoms with Gasteiger partial charge in [0.05, 0.1) is 5.56 Å². The molecule has 0 unspecified atom stereocenters. The number of hydrogen-bond acceptors (Lipinski definition) is 2. The molecule has 2 aromatic rings. The van der Waals surface area contributed by atoms with Gasteiger partial charge in [0, 0.05) is 0 Å². The van der Waals surface area contributed by atoms with E-state index in [9.17, 15) is 9.90 Å². The Hall–Kier alpha value is -2.09. The van der Waals surface area contributed by atoms with Crippen molar-refractivity contribution in [3.05, 3.63) is 53.1 Å². The van der Waals surface area contributed by atoms with Gasteiger partial charge in [-0.1, -0.05) is 30.3 Å². The van der Waals surface area contributed by atoms with Crippen LogP contribution < -0.4 is 0 Å². The minimum Gasteiger partial charge on any atom is -0.507 e. The fraction of sp³-hybridized carbons (Fsp3) is 0.133. The zero-order valence-electron chi connectivity index (χ0n) is 9.90. The van der Waals surface area contributed by atoms with Gasteiger partial charge in [0.25, 0.3) is 0 Å². The molecule has 0 saturated heterocycles. The summed E-state index contributed by atoms with van der Waals surface area (Å²) in [5.41, 5.74) is 4.35. The number of carbonyl (C=O) groups is 1. The van der Waals surface area contributed by atoms with E-state index in [-0.39, 0.29) is 5.75 Å². The summed E-state index contributed by atoms with van der Waals surface area (Å²) in [4.78, 5) is 11.1. The number of phenolic OH excluding ortho intramolecular Hbond substituents is 1. The lowest BCUT2D eigenvalue weighted by atomic mass is 9.92. The monoisotopic (exact) mass is 226 g/mol. The topological polar surface area (TPSA) is 37.3 Å². The van der Waals surface area contributed by atoms with Crippen molar-refractivity contribution in [3.63, 3.8) is 0 Å². The van der Waals surface area contributed by atoms with E-state index < -0.39 is 0 Å². The van der Waals surface area contributed by atoms with Crippen molar-refractivity contribution in [2.24, 2.45) is 0 Å². The molecule has 0 bridgehead atoms. The Balaban J connectivity index is 2.77. The molecule has 0 fully saturated rings. The lowest BCUT2D eigenvalue weighted by molar-refractivity contribution is 0.112. The minimum atomic E-state index is 0.0279. The Kier molecular flexibility index (Phi) is 2.96. The maximum atomic E-state index is 11.1. The molecule has 2 aromatic carbocycles. The summed E-state index contributed by atoms with van der Waals surface area (Å²) in [5.74, 6) is 0.0279. The normalized spacial score (nSPS) is 10.2. The van der Waals surface area contributed by atoms with Crippen molar-refractivity contribution in [2.75, 3.05) is 0 Å². The summed E-state index contributed by atoms with van der Waals surface area (Å²) in [6.07, 6.45) is 0.705. The van der Waals surface area contributed by atoms with Crippen molar-refractivity contribution in [2.45, 2.75) is 13.8 Å². The van der Waals surface area contributed by atoms with Gasteiger partial charge in [-0.15, -0.1) is 0 Å². The first-order chi connectivity index (χ1) is 8.15. The standard InChI is InChI=1S/C15H14O2/c1-10-5-3-6-11(2)15(10)12-7-4-8-14(17)13(12)9-16/h3-9,17H,1-2H3. The molecular weight excluding hydrogens is 212 g/mol. The number of aryl methyl sites for hydroxylation is 2. The van der Waals surface area contributed by atoms with Crippen LogP contribution >= 0.6 is 0 Å².